The molecule has 0 saturated heterocycles. The van der Waals surface area contributed by atoms with Crippen molar-refractivity contribution in [1.29, 1.82) is 0 Å². The lowest BCUT2D eigenvalue weighted by atomic mass is 10.1. The molecule has 0 unspecified atom stereocenters. The summed E-state index contributed by atoms with van der Waals surface area (Å²) in [6.45, 7) is 2.04. The number of aromatic amines is 1. The molecule has 1 heterocycles. The van der Waals surface area contributed by atoms with E-state index in [0.717, 1.165) is 16.5 Å². The average molecular weight is 464 g/mol. The largest absolute Gasteiger partial charge is 0.495 e. The topological polar surface area (TPSA) is 91.5 Å². The van der Waals surface area contributed by atoms with Crippen LogP contribution in [0.25, 0.3) is 10.9 Å². The predicted molar refractivity (Wildman–Crippen MR) is 130 cm³/mol. The summed E-state index contributed by atoms with van der Waals surface area (Å²) in [4.78, 5) is 16.0. The molecule has 7 nitrogen and oxygen atoms in total. The maximum absolute atomic E-state index is 13.4. The van der Waals surface area contributed by atoms with Crippen LogP contribution < -0.4 is 14.4 Å². The van der Waals surface area contributed by atoms with Gasteiger partial charge in [0.15, 0.2) is 0 Å². The molecule has 8 heteroatoms. The molecule has 4 aromatic rings. The fraction of sp³-hybridized carbons (Fsp3) is 0.160. The molecule has 0 atom stereocenters. The number of nitrogens with zero attached hydrogens (tertiary/aromatic N) is 1. The van der Waals surface area contributed by atoms with Crippen LogP contribution in [0.15, 0.2) is 83.9 Å². The fourth-order valence-corrected chi connectivity index (χ4v) is 5.30. The SMILES string of the molecule is CCN(c1ccccc1)S(=O)(=O)c1ccc(OC)c(NC(=O)Cc2c[nH]c3ccccc23)c1. The number of hydrogen-bond donors (Lipinski definition) is 2. The van der Waals surface area contributed by atoms with E-state index in [2.05, 4.69) is 10.3 Å². The minimum Gasteiger partial charge on any atom is -0.495 e. The molecule has 170 valence electrons. The molecule has 2 N–H and O–H groups in total. The Morgan fingerprint density at radius 3 is 2.48 bits per heavy atom. The molecule has 1 amide bonds. The molecule has 0 fully saturated rings. The number of sulfonamides is 1. The van der Waals surface area contributed by atoms with Crippen LogP contribution in [0.1, 0.15) is 12.5 Å². The fourth-order valence-electron chi connectivity index (χ4n) is 3.80. The minimum absolute atomic E-state index is 0.0661. The number of anilines is 2. The third-order valence-corrected chi connectivity index (χ3v) is 7.29. The van der Waals surface area contributed by atoms with Crippen LogP contribution >= 0.6 is 0 Å². The summed E-state index contributed by atoms with van der Waals surface area (Å²) in [7, 11) is -2.37. The van der Waals surface area contributed by atoms with E-state index in [1.807, 2.05) is 30.3 Å². The summed E-state index contributed by atoms with van der Waals surface area (Å²) in [5.41, 5.74) is 2.67. The van der Waals surface area contributed by atoms with Gasteiger partial charge in [0.25, 0.3) is 10.0 Å². The second-order valence-corrected chi connectivity index (χ2v) is 9.31. The number of rotatable bonds is 8. The van der Waals surface area contributed by atoms with Gasteiger partial charge >= 0.3 is 0 Å². The van der Waals surface area contributed by atoms with Gasteiger partial charge in [-0.15, -0.1) is 0 Å². The van der Waals surface area contributed by atoms with Gasteiger partial charge in [-0.2, -0.15) is 0 Å². The van der Waals surface area contributed by atoms with E-state index in [1.165, 1.54) is 23.5 Å². The summed E-state index contributed by atoms with van der Waals surface area (Å²) in [5.74, 6) is 0.104. The summed E-state index contributed by atoms with van der Waals surface area (Å²) >= 11 is 0. The van der Waals surface area contributed by atoms with Crippen LogP contribution in [-0.2, 0) is 21.2 Å². The van der Waals surface area contributed by atoms with Crippen molar-refractivity contribution in [2.24, 2.45) is 0 Å². The van der Waals surface area contributed by atoms with Gasteiger partial charge in [-0.3, -0.25) is 9.10 Å². The highest BCUT2D eigenvalue weighted by atomic mass is 32.2. The number of benzene rings is 3. The lowest BCUT2D eigenvalue weighted by Gasteiger charge is -2.23. The van der Waals surface area contributed by atoms with Crippen LogP contribution in [0.4, 0.5) is 11.4 Å². The Morgan fingerprint density at radius 1 is 1.03 bits per heavy atom. The third kappa shape index (κ3) is 4.56. The second-order valence-electron chi connectivity index (χ2n) is 7.45. The molecule has 0 bridgehead atoms. The molecule has 3 aromatic carbocycles. The number of methoxy groups -OCH3 is 1. The number of fused-ring (bicyclic) bond motifs is 1. The molecule has 0 spiro atoms. The van der Waals surface area contributed by atoms with Gasteiger partial charge in [0.2, 0.25) is 5.91 Å². The van der Waals surface area contributed by atoms with Crippen molar-refractivity contribution in [1.82, 2.24) is 4.98 Å². The first-order valence-corrected chi connectivity index (χ1v) is 12.0. The highest BCUT2D eigenvalue weighted by Crippen LogP contribution is 2.31. The van der Waals surface area contributed by atoms with Crippen molar-refractivity contribution in [3.63, 3.8) is 0 Å². The standard InChI is InChI=1S/C25H25N3O4S/c1-3-28(19-9-5-4-6-10-19)33(30,31)20-13-14-24(32-2)23(16-20)27-25(29)15-18-17-26-22-12-8-7-11-21(18)22/h4-14,16-17,26H,3,15H2,1-2H3,(H,27,29). The molecule has 0 aliphatic rings. The van der Waals surface area contributed by atoms with Crippen molar-refractivity contribution in [3.05, 3.63) is 84.6 Å². The van der Waals surface area contributed by atoms with Gasteiger partial charge in [0, 0.05) is 23.6 Å². The highest BCUT2D eigenvalue weighted by molar-refractivity contribution is 7.92. The van der Waals surface area contributed by atoms with E-state index in [4.69, 9.17) is 4.74 Å². The molecule has 33 heavy (non-hydrogen) atoms. The zero-order valence-electron chi connectivity index (χ0n) is 18.4. The Morgan fingerprint density at radius 2 is 1.76 bits per heavy atom. The Labute approximate surface area is 193 Å². The van der Waals surface area contributed by atoms with E-state index >= 15 is 0 Å². The van der Waals surface area contributed by atoms with E-state index in [0.29, 0.717) is 17.1 Å². The third-order valence-electron chi connectivity index (χ3n) is 5.39. The van der Waals surface area contributed by atoms with Crippen molar-refractivity contribution < 1.29 is 17.9 Å². The number of ether oxygens (including phenoxy) is 1. The lowest BCUT2D eigenvalue weighted by Crippen LogP contribution is -2.30. The van der Waals surface area contributed by atoms with Crippen LogP contribution in [0.5, 0.6) is 5.75 Å². The number of H-pyrrole nitrogens is 1. The molecule has 1 aromatic heterocycles. The van der Waals surface area contributed by atoms with Crippen LogP contribution in [0.3, 0.4) is 0 Å². The quantitative estimate of drug-likeness (QED) is 0.400. The Bertz CT molecular complexity index is 1380. The van der Waals surface area contributed by atoms with Crippen molar-refractivity contribution in [2.75, 3.05) is 23.3 Å². The number of hydrogen-bond acceptors (Lipinski definition) is 4. The summed E-state index contributed by atoms with van der Waals surface area (Å²) < 4.78 is 33.4. The maximum Gasteiger partial charge on any atom is 0.264 e. The van der Waals surface area contributed by atoms with Gasteiger partial charge in [0.1, 0.15) is 5.75 Å². The van der Waals surface area contributed by atoms with Crippen LogP contribution in [0.2, 0.25) is 0 Å². The minimum atomic E-state index is -3.84. The summed E-state index contributed by atoms with van der Waals surface area (Å²) in [5, 5.41) is 3.78. The molecule has 0 saturated carbocycles. The van der Waals surface area contributed by atoms with Gasteiger partial charge in [-0.1, -0.05) is 36.4 Å². The number of aromatic nitrogens is 1. The molecular formula is C25H25N3O4S. The second kappa shape index (κ2) is 9.38. The first kappa shape index (κ1) is 22.4. The number of amides is 1. The van der Waals surface area contributed by atoms with Gasteiger partial charge in [-0.25, -0.2) is 8.42 Å². The summed E-state index contributed by atoms with van der Waals surface area (Å²) in [6, 6.07) is 21.1. The van der Waals surface area contributed by atoms with E-state index in [-0.39, 0.29) is 23.8 Å². The molecule has 0 radical (unpaired) electrons. The monoisotopic (exact) mass is 463 g/mol. The van der Waals surface area contributed by atoms with Crippen LogP contribution in [-0.4, -0.2) is 33.0 Å². The first-order valence-electron chi connectivity index (χ1n) is 10.5. The summed E-state index contributed by atoms with van der Waals surface area (Å²) in [6.07, 6.45) is 1.94. The van der Waals surface area contributed by atoms with Crippen molar-refractivity contribution in [3.8, 4) is 5.75 Å². The predicted octanol–water partition coefficient (Wildman–Crippen LogP) is 4.57. The maximum atomic E-state index is 13.4. The first-order chi connectivity index (χ1) is 15.9. The van der Waals surface area contributed by atoms with E-state index in [1.54, 1.807) is 43.5 Å². The van der Waals surface area contributed by atoms with E-state index < -0.39 is 10.0 Å². The number of para-hydroxylation sites is 2. The zero-order chi connectivity index (χ0) is 23.4. The Balaban J connectivity index is 1.62. The molecule has 4 rings (SSSR count). The lowest BCUT2D eigenvalue weighted by molar-refractivity contribution is -0.115. The number of carbonyl (C=O) groups excluding carboxylic acids is 1. The van der Waals surface area contributed by atoms with Gasteiger partial charge < -0.3 is 15.0 Å². The Hall–Kier alpha value is -3.78. The Kier molecular flexibility index (Phi) is 6.37. The number of nitrogens with one attached hydrogen (secondary N) is 2. The van der Waals surface area contributed by atoms with Crippen LogP contribution in [0, 0.1) is 0 Å². The van der Waals surface area contributed by atoms with Gasteiger partial charge in [-0.05, 0) is 48.9 Å². The van der Waals surface area contributed by atoms with Crippen molar-refractivity contribution in [2.45, 2.75) is 18.2 Å². The highest BCUT2D eigenvalue weighted by Gasteiger charge is 2.25. The molecule has 0 aliphatic heterocycles. The smallest absolute Gasteiger partial charge is 0.264 e. The molecule has 0 aliphatic carbocycles. The van der Waals surface area contributed by atoms with Gasteiger partial charge in [0.05, 0.1) is 29.8 Å². The van der Waals surface area contributed by atoms with Crippen molar-refractivity contribution >= 4 is 38.2 Å². The average Bonchev–Trinajstić information content (AvgIpc) is 3.22. The normalized spacial score (nSPS) is 11.3. The number of carbonyl (C=O) groups is 1. The zero-order valence-corrected chi connectivity index (χ0v) is 19.2. The van der Waals surface area contributed by atoms with E-state index in [9.17, 15) is 13.2 Å². The molecular weight excluding hydrogens is 438 g/mol.